The molecular weight excluding hydrogens is 327 g/mol. The maximum Gasteiger partial charge on any atom is 0.139 e. The molecule has 3 aromatic rings. The smallest absolute Gasteiger partial charge is 0.139 e. The first-order chi connectivity index (χ1) is 11.8. The zero-order chi connectivity index (χ0) is 16.5. The van der Waals surface area contributed by atoms with Gasteiger partial charge < -0.3 is 5.32 Å². The van der Waals surface area contributed by atoms with Crippen molar-refractivity contribution in [3.05, 3.63) is 47.4 Å². The van der Waals surface area contributed by atoms with Crippen LogP contribution in [0.4, 0.5) is 10.2 Å². The van der Waals surface area contributed by atoms with Gasteiger partial charge in [0.05, 0.1) is 10.7 Å². The molecule has 1 aliphatic carbocycles. The van der Waals surface area contributed by atoms with Crippen LogP contribution < -0.4 is 5.32 Å². The van der Waals surface area contributed by atoms with Gasteiger partial charge in [-0.05, 0) is 31.0 Å². The Balaban J connectivity index is 1.93. The zero-order valence-electron chi connectivity index (χ0n) is 13.2. The highest BCUT2D eigenvalue weighted by molar-refractivity contribution is 6.33. The zero-order valence-corrected chi connectivity index (χ0v) is 13.9. The van der Waals surface area contributed by atoms with E-state index in [1.54, 1.807) is 18.5 Å². The van der Waals surface area contributed by atoms with Crippen LogP contribution in [0.3, 0.4) is 0 Å². The Morgan fingerprint density at radius 2 is 2.08 bits per heavy atom. The molecule has 0 aromatic carbocycles. The molecule has 124 valence electrons. The lowest BCUT2D eigenvalue weighted by molar-refractivity contribution is 0.473. The van der Waals surface area contributed by atoms with Crippen molar-refractivity contribution in [2.75, 3.05) is 5.32 Å². The molecule has 0 radical (unpaired) electrons. The molecule has 1 aliphatic rings. The average Bonchev–Trinajstić information content (AvgIpc) is 3.24. The lowest BCUT2D eigenvalue weighted by Crippen LogP contribution is -2.17. The molecule has 1 saturated carbocycles. The van der Waals surface area contributed by atoms with E-state index in [4.69, 9.17) is 16.6 Å². The largest absolute Gasteiger partial charge is 0.367 e. The number of nitrogens with zero attached hydrogens (tertiary/aromatic N) is 3. The minimum Gasteiger partial charge on any atom is -0.367 e. The molecule has 0 aliphatic heterocycles. The molecule has 0 saturated heterocycles. The molecule has 3 heterocycles. The van der Waals surface area contributed by atoms with E-state index in [-0.39, 0.29) is 0 Å². The topological polar surface area (TPSA) is 42.2 Å². The Bertz CT molecular complexity index is 871. The Morgan fingerprint density at radius 1 is 1.25 bits per heavy atom. The van der Waals surface area contributed by atoms with Gasteiger partial charge in [0, 0.05) is 24.0 Å². The minimum absolute atomic E-state index is 0.386. The predicted octanol–water partition coefficient (Wildman–Crippen LogP) is 4.87. The molecule has 4 nitrogen and oxygen atoms in total. The van der Waals surface area contributed by atoms with Gasteiger partial charge in [-0.25, -0.2) is 9.37 Å². The van der Waals surface area contributed by atoms with E-state index in [1.165, 1.54) is 12.8 Å². The third kappa shape index (κ3) is 2.63. The van der Waals surface area contributed by atoms with Crippen LogP contribution in [0.2, 0.25) is 5.02 Å². The van der Waals surface area contributed by atoms with Gasteiger partial charge in [0.15, 0.2) is 0 Å². The molecule has 24 heavy (non-hydrogen) atoms. The summed E-state index contributed by atoms with van der Waals surface area (Å²) < 4.78 is 15.4. The maximum atomic E-state index is 13.5. The summed E-state index contributed by atoms with van der Waals surface area (Å²) in [6.45, 7) is -0.545. The number of anilines is 1. The quantitative estimate of drug-likeness (QED) is 0.734. The van der Waals surface area contributed by atoms with Crippen LogP contribution in [0.1, 0.15) is 31.4 Å². The summed E-state index contributed by atoms with van der Waals surface area (Å²) in [4.78, 5) is 8.76. The summed E-state index contributed by atoms with van der Waals surface area (Å²) in [6, 6.07) is 7.73. The first-order valence-electron chi connectivity index (χ1n) is 8.20. The Hall–Kier alpha value is -2.14. The fourth-order valence-electron chi connectivity index (χ4n) is 3.42. The second-order valence-corrected chi connectivity index (χ2v) is 6.54. The summed E-state index contributed by atoms with van der Waals surface area (Å²) in [5.41, 5.74) is 2.85. The molecule has 0 amide bonds. The number of nitrogens with one attached hydrogen (secondary N) is 1. The van der Waals surface area contributed by atoms with E-state index >= 15 is 0 Å². The number of rotatable bonds is 4. The van der Waals surface area contributed by atoms with Crippen molar-refractivity contribution in [2.24, 2.45) is 0 Å². The van der Waals surface area contributed by atoms with Crippen molar-refractivity contribution in [3.63, 3.8) is 0 Å². The van der Waals surface area contributed by atoms with E-state index in [9.17, 15) is 4.39 Å². The molecule has 1 N–H and O–H groups in total. The van der Waals surface area contributed by atoms with Crippen LogP contribution in [-0.4, -0.2) is 20.4 Å². The lowest BCUT2D eigenvalue weighted by Gasteiger charge is -2.16. The van der Waals surface area contributed by atoms with Crippen molar-refractivity contribution in [2.45, 2.75) is 38.4 Å². The highest BCUT2D eigenvalue weighted by atomic mass is 35.5. The molecule has 6 heteroatoms. The summed E-state index contributed by atoms with van der Waals surface area (Å²) in [6.07, 6.45) is 7.98. The third-order valence-electron chi connectivity index (χ3n) is 4.58. The second-order valence-electron chi connectivity index (χ2n) is 6.13. The van der Waals surface area contributed by atoms with Crippen LogP contribution in [-0.2, 0) is 6.67 Å². The fraction of sp³-hybridized carbons (Fsp3) is 0.333. The molecule has 0 bridgehead atoms. The lowest BCUT2D eigenvalue weighted by atomic mass is 10.2. The highest BCUT2D eigenvalue weighted by Crippen LogP contribution is 2.35. The monoisotopic (exact) mass is 344 g/mol. The average molecular weight is 345 g/mol. The summed E-state index contributed by atoms with van der Waals surface area (Å²) in [5.74, 6) is 0.818. The van der Waals surface area contributed by atoms with E-state index in [0.717, 1.165) is 29.9 Å². The first-order valence-corrected chi connectivity index (χ1v) is 8.58. The number of pyridine rings is 2. The maximum absolute atomic E-state index is 13.5. The van der Waals surface area contributed by atoms with Gasteiger partial charge in [-0.1, -0.05) is 30.5 Å². The number of imidazole rings is 1. The number of aromatic nitrogens is 3. The number of fused-ring (bicyclic) bond motifs is 1. The summed E-state index contributed by atoms with van der Waals surface area (Å²) in [7, 11) is 0. The molecule has 0 unspecified atom stereocenters. The summed E-state index contributed by atoms with van der Waals surface area (Å²) in [5, 5.41) is 4.13. The van der Waals surface area contributed by atoms with Crippen LogP contribution in [0.15, 0.2) is 36.7 Å². The van der Waals surface area contributed by atoms with Gasteiger partial charge in [0.2, 0.25) is 0 Å². The molecule has 3 aromatic heterocycles. The van der Waals surface area contributed by atoms with E-state index in [1.807, 2.05) is 22.6 Å². The molecule has 4 rings (SSSR count). The summed E-state index contributed by atoms with van der Waals surface area (Å²) >= 11 is 6.34. The van der Waals surface area contributed by atoms with Crippen LogP contribution in [0, 0.1) is 0 Å². The van der Waals surface area contributed by atoms with Crippen LogP contribution in [0.25, 0.3) is 16.9 Å². The van der Waals surface area contributed by atoms with E-state index < -0.39 is 6.67 Å². The number of alkyl halides is 1. The Labute approximate surface area is 144 Å². The molecule has 0 atom stereocenters. The second kappa shape index (κ2) is 6.40. The van der Waals surface area contributed by atoms with Gasteiger partial charge in [0.25, 0.3) is 0 Å². The standard InChI is InChI=1S/C18H18ClFN4/c19-15-11-21-9-8-14(15)17-18(22-12-4-1-2-5-12)24-13(10-20)6-3-7-16(24)23-17/h3,6-9,11-12,22H,1-2,4-5,10H2. The van der Waals surface area contributed by atoms with Crippen molar-refractivity contribution in [1.29, 1.82) is 0 Å². The van der Waals surface area contributed by atoms with E-state index in [2.05, 4.69) is 10.3 Å². The van der Waals surface area contributed by atoms with Crippen LogP contribution >= 0.6 is 11.6 Å². The SMILES string of the molecule is FCc1cccc2nc(-c3ccncc3Cl)c(NC3CCCC3)n12. The highest BCUT2D eigenvalue weighted by Gasteiger charge is 2.22. The third-order valence-corrected chi connectivity index (χ3v) is 4.89. The van der Waals surface area contributed by atoms with Crippen LogP contribution in [0.5, 0.6) is 0 Å². The fourth-order valence-corrected chi connectivity index (χ4v) is 3.62. The number of hydrogen-bond donors (Lipinski definition) is 1. The van der Waals surface area contributed by atoms with Gasteiger partial charge in [-0.15, -0.1) is 0 Å². The van der Waals surface area contributed by atoms with Crippen molar-refractivity contribution in [3.8, 4) is 11.3 Å². The predicted molar refractivity (Wildman–Crippen MR) is 94.1 cm³/mol. The van der Waals surface area contributed by atoms with Crippen molar-refractivity contribution >= 4 is 23.1 Å². The normalized spacial score (nSPS) is 15.2. The van der Waals surface area contributed by atoms with Gasteiger partial charge in [-0.2, -0.15) is 0 Å². The number of hydrogen-bond acceptors (Lipinski definition) is 3. The minimum atomic E-state index is -0.545. The van der Waals surface area contributed by atoms with Gasteiger partial charge in [-0.3, -0.25) is 9.38 Å². The molecule has 1 fully saturated rings. The van der Waals surface area contributed by atoms with E-state index in [0.29, 0.717) is 22.4 Å². The Kier molecular flexibility index (Phi) is 4.10. The van der Waals surface area contributed by atoms with Crippen molar-refractivity contribution < 1.29 is 4.39 Å². The number of halogens is 2. The van der Waals surface area contributed by atoms with Gasteiger partial charge >= 0.3 is 0 Å². The molecular formula is C18H18ClFN4. The Morgan fingerprint density at radius 3 is 2.83 bits per heavy atom. The van der Waals surface area contributed by atoms with Gasteiger partial charge in [0.1, 0.15) is 23.8 Å². The van der Waals surface area contributed by atoms with Crippen molar-refractivity contribution in [1.82, 2.24) is 14.4 Å². The first kappa shape index (κ1) is 15.4. The molecule has 0 spiro atoms.